The normalized spacial score (nSPS) is 13.0. The number of fused-ring (bicyclic) bond motifs is 1. The molecule has 5 heteroatoms. The number of hydrogen-bond donors (Lipinski definition) is 0. The number of halogens is 1. The highest BCUT2D eigenvalue weighted by molar-refractivity contribution is 7.13. The van der Waals surface area contributed by atoms with Crippen molar-refractivity contribution in [3.05, 3.63) is 34.2 Å². The Labute approximate surface area is 140 Å². The summed E-state index contributed by atoms with van der Waals surface area (Å²) in [5.74, 6) is 0.127. The standard InChI is InChI=1S/C16H19N2OS.BrH/c1-10-7-11(2)15(12(3)8-10)14-9-20-16-17(13(4)19)5-6-18(14)16;/h7-9H,5-6H2,1-4H3;1H/q+1;/p-1. The van der Waals surface area contributed by atoms with Gasteiger partial charge in [-0.1, -0.05) is 29.0 Å². The molecule has 0 aliphatic carbocycles. The molecule has 1 aliphatic heterocycles. The van der Waals surface area contributed by atoms with Gasteiger partial charge in [-0.2, -0.15) is 4.90 Å². The zero-order valence-corrected chi connectivity index (χ0v) is 15.1. The molecule has 3 nitrogen and oxygen atoms in total. The lowest BCUT2D eigenvalue weighted by Crippen LogP contribution is -3.00. The Hall–Kier alpha value is -1.20. The first-order valence-corrected chi connectivity index (χ1v) is 7.74. The van der Waals surface area contributed by atoms with E-state index in [0.717, 1.165) is 18.2 Å². The third-order valence-electron chi connectivity index (χ3n) is 3.89. The minimum absolute atomic E-state index is 0. The minimum atomic E-state index is 0. The number of rotatable bonds is 1. The predicted octanol–water partition coefficient (Wildman–Crippen LogP) is -0.00164. The molecule has 2 heterocycles. The molecule has 0 radical (unpaired) electrons. The summed E-state index contributed by atoms with van der Waals surface area (Å²) in [7, 11) is 0. The molecule has 1 amide bonds. The van der Waals surface area contributed by atoms with Crippen LogP contribution in [0, 0.1) is 20.8 Å². The Balaban J connectivity index is 0.00000161. The summed E-state index contributed by atoms with van der Waals surface area (Å²) in [6, 6.07) is 4.45. The van der Waals surface area contributed by atoms with E-state index in [0.29, 0.717) is 0 Å². The summed E-state index contributed by atoms with van der Waals surface area (Å²) in [6.45, 7) is 9.78. The average Bonchev–Trinajstić information content (AvgIpc) is 2.89. The number of benzene rings is 1. The van der Waals surface area contributed by atoms with Crippen molar-refractivity contribution in [1.29, 1.82) is 0 Å². The third-order valence-corrected chi connectivity index (χ3v) is 4.88. The maximum atomic E-state index is 11.7. The minimum Gasteiger partial charge on any atom is -1.00 e. The molecule has 0 saturated carbocycles. The van der Waals surface area contributed by atoms with Crippen molar-refractivity contribution in [2.24, 2.45) is 0 Å². The van der Waals surface area contributed by atoms with Crippen molar-refractivity contribution in [2.75, 3.05) is 11.4 Å². The number of nitrogens with zero attached hydrogens (tertiary/aromatic N) is 2. The predicted molar refractivity (Wildman–Crippen MR) is 82.2 cm³/mol. The SMILES string of the molecule is CC(=O)N1CC[n+]2c(-c3c(C)cc(C)cc3C)csc21.[Br-]. The smallest absolute Gasteiger partial charge is 0.344 e. The Bertz CT molecular complexity index is 685. The molecule has 3 rings (SSSR count). The Morgan fingerprint density at radius 3 is 2.43 bits per heavy atom. The number of aryl methyl sites for hydroxylation is 3. The van der Waals surface area contributed by atoms with Gasteiger partial charge < -0.3 is 17.0 Å². The zero-order valence-electron chi connectivity index (χ0n) is 12.7. The maximum Gasteiger partial charge on any atom is 0.344 e. The van der Waals surface area contributed by atoms with E-state index in [1.54, 1.807) is 18.3 Å². The summed E-state index contributed by atoms with van der Waals surface area (Å²) in [5.41, 5.74) is 6.45. The summed E-state index contributed by atoms with van der Waals surface area (Å²) in [5, 5.41) is 3.24. The van der Waals surface area contributed by atoms with Crippen LogP contribution >= 0.6 is 11.3 Å². The molecule has 0 N–H and O–H groups in total. The molecule has 1 aromatic carbocycles. The van der Waals surface area contributed by atoms with Crippen LogP contribution in [0.15, 0.2) is 17.5 Å². The van der Waals surface area contributed by atoms with Crippen molar-refractivity contribution < 1.29 is 26.3 Å². The highest BCUT2D eigenvalue weighted by Gasteiger charge is 2.35. The first-order chi connectivity index (χ1) is 9.49. The van der Waals surface area contributed by atoms with Gasteiger partial charge in [0.25, 0.3) is 0 Å². The summed E-state index contributed by atoms with van der Waals surface area (Å²) < 4.78 is 2.27. The van der Waals surface area contributed by atoms with E-state index in [2.05, 4.69) is 42.9 Å². The first-order valence-electron chi connectivity index (χ1n) is 6.86. The van der Waals surface area contributed by atoms with Crippen LogP contribution in [0.3, 0.4) is 0 Å². The number of hydrogen-bond acceptors (Lipinski definition) is 2. The molecule has 1 aliphatic rings. The molecule has 0 atom stereocenters. The van der Waals surface area contributed by atoms with Crippen molar-refractivity contribution in [3.63, 3.8) is 0 Å². The topological polar surface area (TPSA) is 24.2 Å². The van der Waals surface area contributed by atoms with Gasteiger partial charge in [-0.3, -0.25) is 0 Å². The van der Waals surface area contributed by atoms with Crippen LogP contribution < -0.4 is 26.4 Å². The molecule has 0 spiro atoms. The monoisotopic (exact) mass is 366 g/mol. The Morgan fingerprint density at radius 2 is 1.86 bits per heavy atom. The van der Waals surface area contributed by atoms with Crippen LogP contribution in [-0.2, 0) is 11.3 Å². The molecule has 0 saturated heterocycles. The number of aromatic nitrogens is 1. The summed E-state index contributed by atoms with van der Waals surface area (Å²) in [6.07, 6.45) is 0. The largest absolute Gasteiger partial charge is 1.00 e. The van der Waals surface area contributed by atoms with Gasteiger partial charge in [0.2, 0.25) is 0 Å². The van der Waals surface area contributed by atoms with E-state index in [-0.39, 0.29) is 22.9 Å². The molecule has 0 unspecified atom stereocenters. The van der Waals surface area contributed by atoms with Crippen LogP contribution in [0.5, 0.6) is 0 Å². The van der Waals surface area contributed by atoms with Gasteiger partial charge in [-0.15, -0.1) is 0 Å². The van der Waals surface area contributed by atoms with Crippen molar-refractivity contribution in [1.82, 2.24) is 0 Å². The number of anilines is 1. The van der Waals surface area contributed by atoms with E-state index in [1.807, 2.05) is 4.90 Å². The number of carbonyl (C=O) groups is 1. The van der Waals surface area contributed by atoms with E-state index >= 15 is 0 Å². The zero-order chi connectivity index (χ0) is 14.4. The van der Waals surface area contributed by atoms with E-state index in [1.165, 1.54) is 27.9 Å². The van der Waals surface area contributed by atoms with Gasteiger partial charge in [0, 0.05) is 17.9 Å². The number of carbonyl (C=O) groups excluding carboxylic acids is 1. The van der Waals surface area contributed by atoms with Gasteiger partial charge in [0.05, 0.1) is 0 Å². The summed E-state index contributed by atoms with van der Waals surface area (Å²) >= 11 is 1.66. The second kappa shape index (κ2) is 5.89. The van der Waals surface area contributed by atoms with Gasteiger partial charge in [-0.05, 0) is 31.9 Å². The molecular weight excluding hydrogens is 348 g/mol. The molecule has 112 valence electrons. The van der Waals surface area contributed by atoms with Crippen LogP contribution in [0.25, 0.3) is 11.3 Å². The van der Waals surface area contributed by atoms with Gasteiger partial charge in [-0.25, -0.2) is 9.36 Å². The van der Waals surface area contributed by atoms with Gasteiger partial charge in [0.15, 0.2) is 0 Å². The van der Waals surface area contributed by atoms with E-state index < -0.39 is 0 Å². The van der Waals surface area contributed by atoms with Crippen molar-refractivity contribution >= 4 is 22.4 Å². The Morgan fingerprint density at radius 1 is 1.24 bits per heavy atom. The molecule has 0 bridgehead atoms. The van der Waals surface area contributed by atoms with Crippen LogP contribution in [0.4, 0.5) is 5.13 Å². The fourth-order valence-corrected chi connectivity index (χ4v) is 4.26. The highest BCUT2D eigenvalue weighted by Crippen LogP contribution is 2.32. The quantitative estimate of drug-likeness (QED) is 0.651. The molecule has 0 fully saturated rings. The number of amides is 1. The van der Waals surface area contributed by atoms with Crippen LogP contribution in [0.1, 0.15) is 23.6 Å². The van der Waals surface area contributed by atoms with Gasteiger partial charge in [0.1, 0.15) is 18.8 Å². The van der Waals surface area contributed by atoms with Crippen LogP contribution in [0.2, 0.25) is 0 Å². The number of thiazole rings is 1. The fourth-order valence-electron chi connectivity index (χ4n) is 3.13. The second-order valence-corrected chi connectivity index (χ2v) is 6.34. The maximum absolute atomic E-state index is 11.7. The molecule has 2 aromatic rings. The second-order valence-electron chi connectivity index (χ2n) is 5.50. The fraction of sp³-hybridized carbons (Fsp3) is 0.375. The first kappa shape index (κ1) is 16.2. The van der Waals surface area contributed by atoms with Crippen LogP contribution in [-0.4, -0.2) is 12.5 Å². The third kappa shape index (κ3) is 2.64. The molecule has 1 aromatic heterocycles. The van der Waals surface area contributed by atoms with E-state index in [9.17, 15) is 4.79 Å². The molecule has 21 heavy (non-hydrogen) atoms. The van der Waals surface area contributed by atoms with Crippen molar-refractivity contribution in [3.8, 4) is 11.3 Å². The van der Waals surface area contributed by atoms with Crippen molar-refractivity contribution in [2.45, 2.75) is 34.2 Å². The summed E-state index contributed by atoms with van der Waals surface area (Å²) in [4.78, 5) is 13.5. The lowest BCUT2D eigenvalue weighted by molar-refractivity contribution is -0.656. The van der Waals surface area contributed by atoms with E-state index in [4.69, 9.17) is 0 Å². The van der Waals surface area contributed by atoms with Gasteiger partial charge >= 0.3 is 11.0 Å². The highest BCUT2D eigenvalue weighted by atomic mass is 79.9. The Kier molecular flexibility index (Phi) is 4.54. The lowest BCUT2D eigenvalue weighted by atomic mass is 9.98. The lowest BCUT2D eigenvalue weighted by Gasteiger charge is -2.09. The average molecular weight is 367 g/mol. The molecular formula is C16H19BrN2OS.